The zero-order chi connectivity index (χ0) is 22.7. The summed E-state index contributed by atoms with van der Waals surface area (Å²) in [5.41, 5.74) is 0.708. The van der Waals surface area contributed by atoms with Crippen LogP contribution in [-0.2, 0) is 9.59 Å². The van der Waals surface area contributed by atoms with E-state index in [9.17, 15) is 14.4 Å². The summed E-state index contributed by atoms with van der Waals surface area (Å²) in [5, 5.41) is 14.7. The van der Waals surface area contributed by atoms with Gasteiger partial charge in [-0.05, 0) is 55.7 Å². The quantitative estimate of drug-likeness (QED) is 0.698. The molecule has 1 saturated carbocycles. The lowest BCUT2D eigenvalue weighted by atomic mass is 9.82. The molecule has 1 aromatic heterocycles. The smallest absolute Gasteiger partial charge is 0.325 e. The minimum Gasteiger partial charge on any atom is -0.438 e. The molecule has 0 unspecified atom stereocenters. The lowest BCUT2D eigenvalue weighted by Gasteiger charge is -2.30. The molecule has 1 spiro atoms. The molecule has 1 aromatic carbocycles. The van der Waals surface area contributed by atoms with Crippen molar-refractivity contribution >= 4 is 23.5 Å². The van der Waals surface area contributed by atoms with Crippen LogP contribution >= 0.6 is 0 Å². The monoisotopic (exact) mass is 433 g/mol. The maximum atomic E-state index is 12.8. The number of ether oxygens (including phenoxy) is 1. The van der Waals surface area contributed by atoms with E-state index in [1.54, 1.807) is 37.3 Å². The number of imide groups is 1. The van der Waals surface area contributed by atoms with Gasteiger partial charge in [-0.25, -0.2) is 9.78 Å². The second kappa shape index (κ2) is 8.67. The van der Waals surface area contributed by atoms with E-state index in [0.29, 0.717) is 35.4 Å². The second-order valence-corrected chi connectivity index (χ2v) is 8.06. The number of anilines is 1. The van der Waals surface area contributed by atoms with Crippen LogP contribution in [0.3, 0.4) is 0 Å². The summed E-state index contributed by atoms with van der Waals surface area (Å²) in [6, 6.07) is 9.77. The fourth-order valence-corrected chi connectivity index (χ4v) is 4.16. The fourth-order valence-electron chi connectivity index (χ4n) is 4.16. The number of hydrogen-bond acceptors (Lipinski definition) is 6. The van der Waals surface area contributed by atoms with Gasteiger partial charge >= 0.3 is 6.03 Å². The number of nitriles is 1. The minimum atomic E-state index is -0.849. The second-order valence-electron chi connectivity index (χ2n) is 8.06. The minimum absolute atomic E-state index is 0.196. The standard InChI is InChI=1S/C23H23N5O4/c1-15-12-17(32-20-16(13-24)6-5-11-25-20)7-8-18(15)26-19(29)14-28-21(30)23(27-22(28)31)9-3-2-4-10-23/h5-8,11-12H,2-4,9-10,14H2,1H3,(H,26,29)(H,27,31). The number of aryl methyl sites for hydroxylation is 1. The fraction of sp³-hybridized carbons (Fsp3) is 0.348. The Labute approximate surface area is 185 Å². The Morgan fingerprint density at radius 3 is 2.78 bits per heavy atom. The first-order valence-corrected chi connectivity index (χ1v) is 10.5. The van der Waals surface area contributed by atoms with Gasteiger partial charge in [0.2, 0.25) is 11.8 Å². The van der Waals surface area contributed by atoms with Gasteiger partial charge in [-0.15, -0.1) is 0 Å². The van der Waals surface area contributed by atoms with E-state index >= 15 is 0 Å². The zero-order valence-electron chi connectivity index (χ0n) is 17.7. The summed E-state index contributed by atoms with van der Waals surface area (Å²) in [6.45, 7) is 1.44. The predicted octanol–water partition coefficient (Wildman–Crippen LogP) is 3.25. The van der Waals surface area contributed by atoms with Crippen LogP contribution in [-0.4, -0.2) is 39.8 Å². The number of amides is 4. The van der Waals surface area contributed by atoms with E-state index < -0.39 is 17.5 Å². The van der Waals surface area contributed by atoms with Crippen molar-refractivity contribution < 1.29 is 19.1 Å². The molecular weight excluding hydrogens is 410 g/mol. The van der Waals surface area contributed by atoms with Crippen molar-refractivity contribution in [3.05, 3.63) is 47.7 Å². The third-order valence-corrected chi connectivity index (χ3v) is 5.83. The Bertz CT molecular complexity index is 1120. The van der Waals surface area contributed by atoms with Gasteiger partial charge < -0.3 is 15.4 Å². The van der Waals surface area contributed by atoms with Crippen molar-refractivity contribution in [2.45, 2.75) is 44.6 Å². The molecule has 0 bridgehead atoms. The van der Waals surface area contributed by atoms with Crippen molar-refractivity contribution in [3.8, 4) is 17.7 Å². The third-order valence-electron chi connectivity index (χ3n) is 5.83. The van der Waals surface area contributed by atoms with Crippen LogP contribution in [0.1, 0.15) is 43.2 Å². The summed E-state index contributed by atoms with van der Waals surface area (Å²) in [5.74, 6) is -0.124. The average Bonchev–Trinajstić information content (AvgIpc) is 3.00. The molecule has 0 radical (unpaired) electrons. The molecule has 164 valence electrons. The number of urea groups is 1. The lowest BCUT2D eigenvalue weighted by molar-refractivity contribution is -0.134. The number of aromatic nitrogens is 1. The van der Waals surface area contributed by atoms with Crippen molar-refractivity contribution in [2.75, 3.05) is 11.9 Å². The van der Waals surface area contributed by atoms with Crippen molar-refractivity contribution in [1.29, 1.82) is 5.26 Å². The van der Waals surface area contributed by atoms with E-state index in [0.717, 1.165) is 24.2 Å². The highest BCUT2D eigenvalue weighted by Gasteiger charge is 2.51. The molecule has 4 rings (SSSR count). The first-order valence-electron chi connectivity index (χ1n) is 10.5. The molecule has 1 aliphatic carbocycles. The molecule has 0 atom stereocenters. The van der Waals surface area contributed by atoms with Crippen LogP contribution in [0.2, 0.25) is 0 Å². The molecule has 9 nitrogen and oxygen atoms in total. The van der Waals surface area contributed by atoms with Crippen LogP contribution in [0, 0.1) is 18.3 Å². The highest BCUT2D eigenvalue weighted by molar-refractivity contribution is 6.10. The summed E-state index contributed by atoms with van der Waals surface area (Å²) in [4.78, 5) is 42.8. The number of nitrogens with one attached hydrogen (secondary N) is 2. The number of hydrogen-bond donors (Lipinski definition) is 2. The van der Waals surface area contributed by atoms with Gasteiger partial charge in [0, 0.05) is 11.9 Å². The number of carbonyl (C=O) groups is 3. The maximum absolute atomic E-state index is 12.8. The molecule has 2 heterocycles. The Hall–Kier alpha value is -3.93. The Balaban J connectivity index is 1.41. The summed E-state index contributed by atoms with van der Waals surface area (Å²) < 4.78 is 5.69. The molecule has 1 saturated heterocycles. The number of carbonyl (C=O) groups excluding carboxylic acids is 3. The average molecular weight is 433 g/mol. The summed E-state index contributed by atoms with van der Waals surface area (Å²) >= 11 is 0. The van der Waals surface area contributed by atoms with E-state index in [4.69, 9.17) is 10.00 Å². The van der Waals surface area contributed by atoms with Gasteiger partial charge in [-0.2, -0.15) is 5.26 Å². The van der Waals surface area contributed by atoms with Gasteiger partial charge in [-0.3, -0.25) is 14.5 Å². The van der Waals surface area contributed by atoms with Crippen LogP contribution in [0.15, 0.2) is 36.5 Å². The Kier molecular flexibility index (Phi) is 5.77. The molecule has 2 aromatic rings. The maximum Gasteiger partial charge on any atom is 0.325 e. The van der Waals surface area contributed by atoms with Gasteiger partial charge in [0.15, 0.2) is 0 Å². The Morgan fingerprint density at radius 1 is 1.28 bits per heavy atom. The van der Waals surface area contributed by atoms with Crippen LogP contribution in [0.5, 0.6) is 11.6 Å². The van der Waals surface area contributed by atoms with Crippen molar-refractivity contribution in [3.63, 3.8) is 0 Å². The van der Waals surface area contributed by atoms with Gasteiger partial charge in [0.1, 0.15) is 29.5 Å². The topological polar surface area (TPSA) is 124 Å². The number of nitrogens with zero attached hydrogens (tertiary/aromatic N) is 3. The van der Waals surface area contributed by atoms with E-state index in [1.165, 1.54) is 6.20 Å². The SMILES string of the molecule is Cc1cc(Oc2ncccc2C#N)ccc1NC(=O)CN1C(=O)NC2(CCCCC2)C1=O. The largest absolute Gasteiger partial charge is 0.438 e. The van der Waals surface area contributed by atoms with Crippen LogP contribution in [0.4, 0.5) is 10.5 Å². The van der Waals surface area contributed by atoms with Gasteiger partial charge in [-0.1, -0.05) is 19.3 Å². The van der Waals surface area contributed by atoms with Crippen LogP contribution < -0.4 is 15.4 Å². The first-order chi connectivity index (χ1) is 15.4. The molecule has 4 amide bonds. The lowest BCUT2D eigenvalue weighted by Crippen LogP contribution is -2.48. The van der Waals surface area contributed by atoms with E-state index in [2.05, 4.69) is 15.6 Å². The predicted molar refractivity (Wildman–Crippen MR) is 115 cm³/mol. The summed E-state index contributed by atoms with van der Waals surface area (Å²) in [7, 11) is 0. The first kappa shape index (κ1) is 21.3. The van der Waals surface area contributed by atoms with E-state index in [-0.39, 0.29) is 18.3 Å². The molecule has 2 fully saturated rings. The number of rotatable bonds is 5. The molecule has 2 N–H and O–H groups in total. The van der Waals surface area contributed by atoms with Gasteiger partial charge in [0.25, 0.3) is 5.91 Å². The third kappa shape index (κ3) is 4.12. The summed E-state index contributed by atoms with van der Waals surface area (Å²) in [6.07, 6.45) is 5.57. The zero-order valence-corrected chi connectivity index (χ0v) is 17.7. The molecule has 9 heteroatoms. The number of benzene rings is 1. The van der Waals surface area contributed by atoms with Crippen molar-refractivity contribution in [1.82, 2.24) is 15.2 Å². The van der Waals surface area contributed by atoms with Crippen molar-refractivity contribution in [2.24, 2.45) is 0 Å². The Morgan fingerprint density at radius 2 is 2.06 bits per heavy atom. The van der Waals surface area contributed by atoms with Crippen LogP contribution in [0.25, 0.3) is 0 Å². The molecule has 1 aliphatic heterocycles. The molecule has 32 heavy (non-hydrogen) atoms. The highest BCUT2D eigenvalue weighted by Crippen LogP contribution is 2.33. The molecule has 2 aliphatic rings. The van der Waals surface area contributed by atoms with Gasteiger partial charge in [0.05, 0.1) is 0 Å². The normalized spacial score (nSPS) is 17.1. The van der Waals surface area contributed by atoms with E-state index in [1.807, 2.05) is 6.07 Å². The number of pyridine rings is 1. The molecular formula is C23H23N5O4. The highest BCUT2D eigenvalue weighted by atomic mass is 16.5.